The maximum Gasteiger partial charge on any atom is 0.472 e. The average Bonchev–Trinajstić information content (AvgIpc) is 3.85. The molecule has 12 N–H and O–H groups in total. The number of ether oxygens (including phenoxy) is 3. The molecule has 2 saturated heterocycles. The van der Waals surface area contributed by atoms with Gasteiger partial charge in [0.05, 0.1) is 40.5 Å². The van der Waals surface area contributed by atoms with Crippen LogP contribution in [0.25, 0.3) is 22.3 Å². The van der Waals surface area contributed by atoms with Crippen LogP contribution < -0.4 is 31.7 Å². The Morgan fingerprint density at radius 1 is 0.774 bits per heavy atom. The van der Waals surface area contributed by atoms with E-state index in [0.29, 0.717) is 0 Å². The number of nitrogens with one attached hydrogen (secondary N) is 2. The Hall–Kier alpha value is -4.45. The van der Waals surface area contributed by atoms with Gasteiger partial charge in [0.25, 0.3) is 23.0 Å². The van der Waals surface area contributed by atoms with Crippen molar-refractivity contribution in [3.8, 4) is 0 Å². The zero-order valence-electron chi connectivity index (χ0n) is 33.8. The summed E-state index contributed by atoms with van der Waals surface area (Å²) >= 11 is 0. The Balaban J connectivity index is 1.00. The molecule has 0 saturated carbocycles. The third-order valence-electron chi connectivity index (χ3n) is 9.49. The predicted molar refractivity (Wildman–Crippen MR) is 205 cm³/mol. The van der Waals surface area contributed by atoms with E-state index in [1.165, 1.54) is 45.0 Å². The Morgan fingerprint density at radius 2 is 1.16 bits per heavy atom. The lowest BCUT2D eigenvalue weighted by Crippen LogP contribution is -2.46. The number of aliphatic hydroxyl groups excluding tert-OH is 4. The summed E-state index contributed by atoms with van der Waals surface area (Å²) in [5.74, 6) is -0.441. The molecule has 344 valence electrons. The first-order valence-corrected chi connectivity index (χ1v) is 21.6. The largest absolute Gasteiger partial charge is 0.472 e. The van der Waals surface area contributed by atoms with Gasteiger partial charge in [-0.15, -0.1) is 0 Å². The van der Waals surface area contributed by atoms with Crippen LogP contribution in [0.4, 0.5) is 16.7 Å². The van der Waals surface area contributed by atoms with Crippen molar-refractivity contribution >= 4 is 56.0 Å². The highest BCUT2D eigenvalue weighted by Gasteiger charge is 2.49. The number of nitrogen functional groups attached to an aromatic ring is 2. The van der Waals surface area contributed by atoms with E-state index in [0.717, 1.165) is 4.90 Å². The third kappa shape index (κ3) is 10.3. The van der Waals surface area contributed by atoms with E-state index in [2.05, 4.69) is 19.9 Å². The smallest absolute Gasteiger partial charge is 0.444 e. The summed E-state index contributed by atoms with van der Waals surface area (Å²) in [6.07, 6.45) is -10.1. The van der Waals surface area contributed by atoms with Crippen LogP contribution in [0.1, 0.15) is 33.2 Å². The maximum atomic E-state index is 13.0. The fraction of sp³-hybridized carbons (Fsp3) is 0.645. The van der Waals surface area contributed by atoms with Crippen molar-refractivity contribution in [2.75, 3.05) is 51.0 Å². The van der Waals surface area contributed by atoms with Crippen molar-refractivity contribution < 1.29 is 85.6 Å². The lowest BCUT2D eigenvalue weighted by Gasteiger charge is -2.27. The lowest BCUT2D eigenvalue weighted by atomic mass is 10.1. The van der Waals surface area contributed by atoms with Gasteiger partial charge in [-0.2, -0.15) is 0 Å². The molecule has 0 bridgehead atoms. The first-order valence-electron chi connectivity index (χ1n) is 18.6. The SMILES string of the molecule is Cn1c[n+](C2O[C@H](COP(=O)(O)OCCN(CCOP(=O)(O)OC[C@H]3O[C@@H]([n+]4cn(C)c5c(=O)[nH]c(N)nc54)[C@H](O)[C@@H]3O)C(=O)OC(C)(C)C)[C@@H](O)[C@H]2O)c2nc(N)[nH]c(=O)c21. The molecule has 6 heterocycles. The molecule has 0 spiro atoms. The second kappa shape index (κ2) is 18.0. The Bertz CT molecular complexity index is 2350. The van der Waals surface area contributed by atoms with Crippen molar-refractivity contribution in [3.63, 3.8) is 0 Å². The highest BCUT2D eigenvalue weighted by atomic mass is 31.2. The minimum absolute atomic E-state index is 0.0213. The van der Waals surface area contributed by atoms with Crippen LogP contribution in [0, 0.1) is 0 Å². The number of imidazole rings is 2. The number of nitrogens with zero attached hydrogens (tertiary/aromatic N) is 7. The van der Waals surface area contributed by atoms with Crippen LogP contribution in [0.2, 0.25) is 0 Å². The third-order valence-corrected chi connectivity index (χ3v) is 11.5. The highest BCUT2D eigenvalue weighted by Crippen LogP contribution is 2.45. The Morgan fingerprint density at radius 3 is 1.53 bits per heavy atom. The number of aromatic amines is 2. The normalized spacial score (nSPS) is 26.2. The van der Waals surface area contributed by atoms with Crippen molar-refractivity contribution in [3.05, 3.63) is 33.4 Å². The van der Waals surface area contributed by atoms with E-state index < -0.39 is 127 Å². The first kappa shape index (κ1) is 47.0. The number of H-pyrrole nitrogens is 2. The van der Waals surface area contributed by atoms with E-state index >= 15 is 0 Å². The molecule has 2 aliphatic heterocycles. The van der Waals surface area contributed by atoms with Crippen molar-refractivity contribution in [1.29, 1.82) is 0 Å². The number of phosphoric acid groups is 2. The summed E-state index contributed by atoms with van der Waals surface area (Å²) in [5.41, 5.74) is 9.40. The van der Waals surface area contributed by atoms with Crippen molar-refractivity contribution in [2.24, 2.45) is 14.1 Å². The number of aryl methyl sites for hydroxylation is 2. The molecule has 0 aromatic carbocycles. The van der Waals surface area contributed by atoms with Gasteiger partial charge >= 0.3 is 33.0 Å². The second-order valence-corrected chi connectivity index (χ2v) is 18.2. The fourth-order valence-electron chi connectivity index (χ4n) is 6.67. The first-order chi connectivity index (χ1) is 28.9. The lowest BCUT2D eigenvalue weighted by molar-refractivity contribution is -0.746. The van der Waals surface area contributed by atoms with Gasteiger partial charge in [-0.25, -0.2) is 23.1 Å². The van der Waals surface area contributed by atoms with E-state index in [9.17, 15) is 53.7 Å². The topological polar surface area (TPSA) is 402 Å². The molecule has 0 radical (unpaired) electrons. The molecule has 6 rings (SSSR count). The molecule has 4 aromatic rings. The number of amides is 1. The molecule has 1 amide bonds. The van der Waals surface area contributed by atoms with Crippen LogP contribution >= 0.6 is 15.6 Å². The number of nitrogens with two attached hydrogens (primary N) is 2. The predicted octanol–water partition coefficient (Wildman–Crippen LogP) is -3.98. The standard InChI is InChI=1S/C31H47N11O18P2/c1-31(2,3)60-30(49)40(6-8-54-61(50,51)56-10-14-18(43)20(45)26(58-14)41-12-38(4)16-22(41)34-28(32)36-24(16)47)7-9-55-62(52,53)57-11-15-19(44)21(46)27(59-15)42-13-39(5)17-23(42)35-29(33)37-25(17)48/h12-15,18-21,26-27,43-46H,6-11H2,1-5H3,(H6-2,32,33,34,35,36,37,47,48,50,51,52,53)/p+2/t14-,15-,18-,19-,20-,21-,26-,27?/m1/s1. The molecule has 0 aliphatic carbocycles. The quantitative estimate of drug-likeness (QED) is 0.0378. The number of hydrogen-bond donors (Lipinski definition) is 10. The Labute approximate surface area is 349 Å². The number of hydrogen-bond acceptors (Lipinski definition) is 20. The molecule has 2 fully saturated rings. The molecular weight excluding hydrogens is 876 g/mol. The van der Waals surface area contributed by atoms with Crippen molar-refractivity contribution in [1.82, 2.24) is 34.0 Å². The minimum Gasteiger partial charge on any atom is -0.444 e. The second-order valence-electron chi connectivity index (χ2n) is 15.3. The Kier molecular flexibility index (Phi) is 13.6. The number of aliphatic hydroxyl groups is 4. The van der Waals surface area contributed by atoms with Crippen LogP contribution in [0.5, 0.6) is 0 Å². The summed E-state index contributed by atoms with van der Waals surface area (Å²) in [6.45, 7) is 0.971. The number of carbonyl (C=O) groups excluding carboxylic acids is 1. The molecule has 31 heteroatoms. The summed E-state index contributed by atoms with van der Waals surface area (Å²) in [5, 5.41) is 42.8. The fourth-order valence-corrected chi connectivity index (χ4v) is 8.11. The molecule has 10 atom stereocenters. The summed E-state index contributed by atoms with van der Waals surface area (Å²) in [4.78, 5) is 72.4. The van der Waals surface area contributed by atoms with Gasteiger partial charge in [-0.1, -0.05) is 9.97 Å². The highest BCUT2D eigenvalue weighted by molar-refractivity contribution is 7.47. The molecule has 3 unspecified atom stereocenters. The number of anilines is 2. The van der Waals surface area contributed by atoms with Gasteiger partial charge in [0.1, 0.15) is 42.2 Å². The van der Waals surface area contributed by atoms with Gasteiger partial charge in [0.2, 0.25) is 23.5 Å². The summed E-state index contributed by atoms with van der Waals surface area (Å²) in [7, 11) is -6.81. The molecular formula is C31H49N11O18P2+2. The molecule has 2 aliphatic rings. The minimum atomic E-state index is -4.93. The van der Waals surface area contributed by atoms with E-state index in [1.807, 2.05) is 0 Å². The molecule has 62 heavy (non-hydrogen) atoms. The number of aromatic nitrogens is 8. The van der Waals surface area contributed by atoms with Gasteiger partial charge in [-0.3, -0.25) is 46.8 Å². The van der Waals surface area contributed by atoms with Crippen LogP contribution in [0.3, 0.4) is 0 Å². The summed E-state index contributed by atoms with van der Waals surface area (Å²) < 4.78 is 67.8. The van der Waals surface area contributed by atoms with Gasteiger partial charge in [0.15, 0.2) is 12.7 Å². The molecule has 29 nitrogen and oxygen atoms in total. The average molecular weight is 926 g/mol. The summed E-state index contributed by atoms with van der Waals surface area (Å²) in [6, 6.07) is 0. The van der Waals surface area contributed by atoms with Crippen LogP contribution in [-0.2, 0) is 55.5 Å². The zero-order chi connectivity index (χ0) is 45.6. The number of fused-ring (bicyclic) bond motifs is 2. The van der Waals surface area contributed by atoms with E-state index in [4.69, 9.17) is 43.8 Å². The zero-order valence-corrected chi connectivity index (χ0v) is 35.6. The van der Waals surface area contributed by atoms with Gasteiger partial charge in [0, 0.05) is 13.1 Å². The van der Waals surface area contributed by atoms with Crippen LogP contribution in [0.15, 0.2) is 22.2 Å². The molecule has 4 aromatic heterocycles. The number of carbonyl (C=O) groups is 1. The number of rotatable bonds is 16. The van der Waals surface area contributed by atoms with Gasteiger partial charge < -0.3 is 60.8 Å². The number of phosphoric ester groups is 2. The van der Waals surface area contributed by atoms with Crippen molar-refractivity contribution in [2.45, 2.75) is 75.5 Å². The maximum absolute atomic E-state index is 13.0. The van der Waals surface area contributed by atoms with E-state index in [1.54, 1.807) is 20.8 Å². The van der Waals surface area contributed by atoms with Crippen LogP contribution in [-0.4, -0.2) is 152 Å². The van der Waals surface area contributed by atoms with Gasteiger partial charge in [-0.05, 0) is 20.8 Å². The van der Waals surface area contributed by atoms with E-state index in [-0.39, 0.29) is 34.2 Å². The monoisotopic (exact) mass is 925 g/mol.